The molecule has 0 aromatic carbocycles. The lowest BCUT2D eigenvalue weighted by molar-refractivity contribution is -0.145. The Kier molecular flexibility index (Phi) is 2.92. The maximum atomic E-state index is 12.4. The summed E-state index contributed by atoms with van der Waals surface area (Å²) in [6.45, 7) is 0.822. The molecule has 0 N–H and O–H groups in total. The summed E-state index contributed by atoms with van der Waals surface area (Å²) in [7, 11) is 0. The number of carbonyl (C=O) groups excluding carboxylic acids is 3. The van der Waals surface area contributed by atoms with Crippen molar-refractivity contribution in [3.63, 3.8) is 0 Å². The third-order valence-electron chi connectivity index (χ3n) is 4.82. The van der Waals surface area contributed by atoms with Gasteiger partial charge in [-0.3, -0.25) is 19.3 Å². The minimum atomic E-state index is -0.198. The number of hydrogen-bond donors (Lipinski definition) is 0. The van der Waals surface area contributed by atoms with Gasteiger partial charge in [0.25, 0.3) is 5.91 Å². The first-order valence-electron chi connectivity index (χ1n) is 7.50. The van der Waals surface area contributed by atoms with Crippen LogP contribution in [-0.4, -0.2) is 46.7 Å². The van der Waals surface area contributed by atoms with Crippen LogP contribution in [-0.2, 0) is 9.59 Å². The number of hydrogen-bond acceptors (Lipinski definition) is 4. The van der Waals surface area contributed by atoms with Crippen LogP contribution in [0.4, 0.5) is 0 Å². The molecule has 2 fully saturated rings. The number of nitrogens with zero attached hydrogens (tertiary/aromatic N) is 2. The number of allylic oxidation sites excluding steroid dienone is 2. The van der Waals surface area contributed by atoms with E-state index in [2.05, 4.69) is 0 Å². The molecule has 0 bridgehead atoms. The number of imide groups is 1. The summed E-state index contributed by atoms with van der Waals surface area (Å²) >= 11 is 0. The van der Waals surface area contributed by atoms with Gasteiger partial charge in [0.1, 0.15) is 6.26 Å². The minimum Gasteiger partial charge on any atom is -0.472 e. The van der Waals surface area contributed by atoms with Crippen molar-refractivity contribution in [3.8, 4) is 0 Å². The third-order valence-corrected chi connectivity index (χ3v) is 4.82. The van der Waals surface area contributed by atoms with Gasteiger partial charge in [0.15, 0.2) is 0 Å². The molecule has 1 aliphatic carbocycles. The summed E-state index contributed by atoms with van der Waals surface area (Å²) in [6, 6.07) is 1.43. The monoisotopic (exact) mass is 300 g/mol. The molecule has 2 saturated heterocycles. The van der Waals surface area contributed by atoms with Gasteiger partial charge in [0, 0.05) is 13.1 Å². The lowest BCUT2D eigenvalue weighted by atomic mass is 9.85. The Morgan fingerprint density at radius 1 is 1.09 bits per heavy atom. The van der Waals surface area contributed by atoms with E-state index in [1.165, 1.54) is 17.4 Å². The molecule has 3 amide bonds. The summed E-state index contributed by atoms with van der Waals surface area (Å²) in [5.74, 6) is -0.657. The lowest BCUT2D eigenvalue weighted by Crippen LogP contribution is -2.62. The molecule has 6 nitrogen and oxygen atoms in total. The smallest absolute Gasteiger partial charge is 0.257 e. The van der Waals surface area contributed by atoms with Crippen LogP contribution in [0.15, 0.2) is 35.2 Å². The summed E-state index contributed by atoms with van der Waals surface area (Å²) in [5.41, 5.74) is 0.496. The van der Waals surface area contributed by atoms with E-state index in [1.807, 2.05) is 12.2 Å². The average Bonchev–Trinajstić information content (AvgIpc) is 3.09. The van der Waals surface area contributed by atoms with Crippen LogP contribution < -0.4 is 0 Å². The number of furan rings is 1. The van der Waals surface area contributed by atoms with Gasteiger partial charge < -0.3 is 9.32 Å². The zero-order valence-corrected chi connectivity index (χ0v) is 12.0. The molecule has 3 heterocycles. The van der Waals surface area contributed by atoms with Crippen LogP contribution >= 0.6 is 0 Å². The van der Waals surface area contributed by atoms with Gasteiger partial charge in [-0.1, -0.05) is 12.2 Å². The van der Waals surface area contributed by atoms with Crippen molar-refractivity contribution in [2.45, 2.75) is 18.9 Å². The lowest BCUT2D eigenvalue weighted by Gasteiger charge is -2.43. The van der Waals surface area contributed by atoms with Crippen LogP contribution in [0.2, 0.25) is 0 Å². The standard InChI is InChI=1S/C16H16N2O4/c19-14(10-5-6-22-9-10)17-7-11(8-17)18-15(20)12-3-1-2-4-13(12)16(18)21/h1-2,5-6,9,11-13H,3-4,7-8H2/t12-,13+. The predicted molar refractivity (Wildman–Crippen MR) is 75.6 cm³/mol. The quantitative estimate of drug-likeness (QED) is 0.605. The molecule has 1 aromatic rings. The third kappa shape index (κ3) is 1.83. The van der Waals surface area contributed by atoms with E-state index in [-0.39, 0.29) is 35.6 Å². The molecule has 0 spiro atoms. The average molecular weight is 300 g/mol. The van der Waals surface area contributed by atoms with Crippen molar-refractivity contribution in [1.82, 2.24) is 9.80 Å². The van der Waals surface area contributed by atoms with Crippen molar-refractivity contribution in [2.75, 3.05) is 13.1 Å². The summed E-state index contributed by atoms with van der Waals surface area (Å²) in [5, 5.41) is 0. The highest BCUT2D eigenvalue weighted by Crippen LogP contribution is 2.37. The van der Waals surface area contributed by atoms with E-state index >= 15 is 0 Å². The fourth-order valence-corrected chi connectivity index (χ4v) is 3.54. The SMILES string of the molecule is O=C(c1ccoc1)N1CC(N2C(=O)[C@H]3CC=CC[C@H]3C2=O)C1. The van der Waals surface area contributed by atoms with Gasteiger partial charge >= 0.3 is 0 Å². The molecule has 6 heteroatoms. The minimum absolute atomic E-state index is 0.0697. The van der Waals surface area contributed by atoms with Crippen molar-refractivity contribution in [1.29, 1.82) is 0 Å². The first-order chi connectivity index (χ1) is 10.7. The molecule has 0 radical (unpaired) electrons. The highest BCUT2D eigenvalue weighted by atomic mass is 16.3. The number of rotatable bonds is 2. The van der Waals surface area contributed by atoms with Crippen LogP contribution in [0, 0.1) is 11.8 Å². The molecule has 1 aromatic heterocycles. The van der Waals surface area contributed by atoms with Gasteiger partial charge in [-0.25, -0.2) is 0 Å². The Hall–Kier alpha value is -2.37. The molecule has 0 saturated carbocycles. The van der Waals surface area contributed by atoms with Crippen molar-refractivity contribution in [3.05, 3.63) is 36.3 Å². The summed E-state index contributed by atoms with van der Waals surface area (Å²) < 4.78 is 4.91. The van der Waals surface area contributed by atoms with Crippen LogP contribution in [0.5, 0.6) is 0 Å². The number of amides is 3. The molecule has 2 aliphatic heterocycles. The zero-order chi connectivity index (χ0) is 15.3. The van der Waals surface area contributed by atoms with Crippen LogP contribution in [0.3, 0.4) is 0 Å². The van der Waals surface area contributed by atoms with E-state index in [0.717, 1.165) is 0 Å². The predicted octanol–water partition coefficient (Wildman–Crippen LogP) is 1.06. The molecular formula is C16H16N2O4. The topological polar surface area (TPSA) is 70.8 Å². The molecular weight excluding hydrogens is 284 g/mol. The van der Waals surface area contributed by atoms with Gasteiger partial charge in [0.05, 0.1) is 29.7 Å². The van der Waals surface area contributed by atoms with Gasteiger partial charge in [0.2, 0.25) is 11.8 Å². The number of likely N-dealkylation sites (tertiary alicyclic amines) is 2. The van der Waals surface area contributed by atoms with E-state index in [1.54, 1.807) is 11.0 Å². The first kappa shape index (κ1) is 13.3. The zero-order valence-electron chi connectivity index (χ0n) is 12.0. The van der Waals surface area contributed by atoms with Crippen molar-refractivity contribution >= 4 is 17.7 Å². The van der Waals surface area contributed by atoms with E-state index in [0.29, 0.717) is 31.5 Å². The molecule has 3 aliphatic rings. The summed E-state index contributed by atoms with van der Waals surface area (Å²) in [6.07, 6.45) is 8.11. The first-order valence-corrected chi connectivity index (χ1v) is 7.50. The Labute approximate surface area is 127 Å². The largest absolute Gasteiger partial charge is 0.472 e. The maximum Gasteiger partial charge on any atom is 0.257 e. The van der Waals surface area contributed by atoms with Gasteiger partial charge in [-0.2, -0.15) is 0 Å². The van der Waals surface area contributed by atoms with Crippen molar-refractivity contribution in [2.24, 2.45) is 11.8 Å². The Morgan fingerprint density at radius 3 is 2.27 bits per heavy atom. The van der Waals surface area contributed by atoms with E-state index in [9.17, 15) is 14.4 Å². The second-order valence-electron chi connectivity index (χ2n) is 6.08. The Balaban J connectivity index is 1.44. The number of fused-ring (bicyclic) bond motifs is 1. The van der Waals surface area contributed by atoms with E-state index < -0.39 is 0 Å². The molecule has 4 rings (SSSR count). The number of carbonyl (C=O) groups is 3. The highest BCUT2D eigenvalue weighted by Gasteiger charge is 2.52. The Bertz CT molecular complexity index is 632. The van der Waals surface area contributed by atoms with E-state index in [4.69, 9.17) is 4.42 Å². The second-order valence-corrected chi connectivity index (χ2v) is 6.08. The van der Waals surface area contributed by atoms with Gasteiger partial charge in [-0.15, -0.1) is 0 Å². The normalized spacial score (nSPS) is 28.0. The highest BCUT2D eigenvalue weighted by molar-refractivity contribution is 6.06. The van der Waals surface area contributed by atoms with Gasteiger partial charge in [-0.05, 0) is 18.9 Å². The van der Waals surface area contributed by atoms with Crippen LogP contribution in [0.25, 0.3) is 0 Å². The molecule has 22 heavy (non-hydrogen) atoms. The second kappa shape index (κ2) is 4.83. The fourth-order valence-electron chi connectivity index (χ4n) is 3.54. The Morgan fingerprint density at radius 2 is 1.73 bits per heavy atom. The maximum absolute atomic E-state index is 12.4. The van der Waals surface area contributed by atoms with Crippen molar-refractivity contribution < 1.29 is 18.8 Å². The molecule has 114 valence electrons. The molecule has 2 atom stereocenters. The van der Waals surface area contributed by atoms with Crippen LogP contribution in [0.1, 0.15) is 23.2 Å². The summed E-state index contributed by atoms with van der Waals surface area (Å²) in [4.78, 5) is 40.1. The molecule has 0 unspecified atom stereocenters. The fraction of sp³-hybridized carbons (Fsp3) is 0.438.